The first-order valence-electron chi connectivity index (χ1n) is 10.4. The Kier molecular flexibility index (Phi) is 5.50. The SMILES string of the molecule is CCC1CCCCN1Cc1c(C)[nH]c2ccc(N3CCOCC3)cc2c1=O. The van der Waals surface area contributed by atoms with Crippen LogP contribution in [0.3, 0.4) is 0 Å². The van der Waals surface area contributed by atoms with Crippen LogP contribution < -0.4 is 10.3 Å². The van der Waals surface area contributed by atoms with Gasteiger partial charge in [0.15, 0.2) is 5.43 Å². The van der Waals surface area contributed by atoms with Crippen LogP contribution in [-0.4, -0.2) is 48.8 Å². The number of pyridine rings is 1. The van der Waals surface area contributed by atoms with Crippen molar-refractivity contribution in [1.82, 2.24) is 9.88 Å². The topological polar surface area (TPSA) is 48.6 Å². The van der Waals surface area contributed by atoms with E-state index in [1.165, 1.54) is 19.3 Å². The van der Waals surface area contributed by atoms with Crippen molar-refractivity contribution in [2.45, 2.75) is 52.1 Å². The molecule has 0 amide bonds. The predicted octanol–water partition coefficient (Wildman–Crippen LogP) is 3.44. The van der Waals surface area contributed by atoms with E-state index in [0.717, 1.165) is 73.7 Å². The van der Waals surface area contributed by atoms with Gasteiger partial charge in [-0.1, -0.05) is 13.3 Å². The highest BCUT2D eigenvalue weighted by atomic mass is 16.5. The van der Waals surface area contributed by atoms with Crippen molar-refractivity contribution < 1.29 is 4.74 Å². The third-order valence-electron chi connectivity index (χ3n) is 6.25. The zero-order chi connectivity index (χ0) is 18.8. The highest BCUT2D eigenvalue weighted by Crippen LogP contribution is 2.24. The fourth-order valence-electron chi connectivity index (χ4n) is 4.58. The van der Waals surface area contributed by atoms with E-state index in [2.05, 4.69) is 33.8 Å². The third kappa shape index (κ3) is 3.76. The smallest absolute Gasteiger partial charge is 0.194 e. The van der Waals surface area contributed by atoms with Gasteiger partial charge in [-0.25, -0.2) is 0 Å². The minimum absolute atomic E-state index is 0.191. The molecule has 0 saturated carbocycles. The van der Waals surface area contributed by atoms with Gasteiger partial charge in [-0.05, 0) is 50.9 Å². The standard InChI is InChI=1S/C22H31N3O2/c1-3-17-6-4-5-9-25(17)15-20-16(2)23-21-8-7-18(14-19(21)22(20)26)24-10-12-27-13-11-24/h7-8,14,17H,3-6,9-13,15H2,1-2H3,(H,23,26). The van der Waals surface area contributed by atoms with E-state index >= 15 is 0 Å². The Morgan fingerprint density at radius 3 is 2.78 bits per heavy atom. The third-order valence-corrected chi connectivity index (χ3v) is 6.25. The molecule has 2 saturated heterocycles. The first kappa shape index (κ1) is 18.5. The number of H-pyrrole nitrogens is 1. The Balaban J connectivity index is 1.69. The second kappa shape index (κ2) is 8.03. The summed E-state index contributed by atoms with van der Waals surface area (Å²) in [6.07, 6.45) is 4.96. The van der Waals surface area contributed by atoms with Crippen molar-refractivity contribution in [2.75, 3.05) is 37.7 Å². The molecule has 2 aromatic rings. The van der Waals surface area contributed by atoms with Gasteiger partial charge in [-0.15, -0.1) is 0 Å². The second-order valence-electron chi connectivity index (χ2n) is 7.92. The Morgan fingerprint density at radius 1 is 1.19 bits per heavy atom. The molecule has 1 unspecified atom stereocenters. The molecule has 0 bridgehead atoms. The van der Waals surface area contributed by atoms with Crippen LogP contribution in [0, 0.1) is 6.92 Å². The maximum atomic E-state index is 13.4. The lowest BCUT2D eigenvalue weighted by Crippen LogP contribution is -2.40. The normalized spacial score (nSPS) is 21.7. The molecule has 2 aliphatic heterocycles. The molecule has 27 heavy (non-hydrogen) atoms. The second-order valence-corrected chi connectivity index (χ2v) is 7.92. The number of rotatable bonds is 4. The van der Waals surface area contributed by atoms with Gasteiger partial charge in [0.25, 0.3) is 0 Å². The molecule has 3 heterocycles. The van der Waals surface area contributed by atoms with E-state index in [1.54, 1.807) is 0 Å². The molecular weight excluding hydrogens is 338 g/mol. The van der Waals surface area contributed by atoms with Crippen molar-refractivity contribution in [2.24, 2.45) is 0 Å². The monoisotopic (exact) mass is 369 g/mol. The summed E-state index contributed by atoms with van der Waals surface area (Å²) < 4.78 is 5.46. The van der Waals surface area contributed by atoms with Crippen molar-refractivity contribution in [3.8, 4) is 0 Å². The lowest BCUT2D eigenvalue weighted by atomic mass is 9.98. The van der Waals surface area contributed by atoms with Crippen molar-refractivity contribution >= 4 is 16.6 Å². The van der Waals surface area contributed by atoms with Crippen molar-refractivity contribution in [3.63, 3.8) is 0 Å². The molecule has 0 radical (unpaired) electrons. The lowest BCUT2D eigenvalue weighted by molar-refractivity contribution is 0.122. The summed E-state index contributed by atoms with van der Waals surface area (Å²) in [5, 5.41) is 0.810. The van der Waals surface area contributed by atoms with Gasteiger partial charge in [0, 0.05) is 53.5 Å². The summed E-state index contributed by atoms with van der Waals surface area (Å²) in [5.74, 6) is 0. The largest absolute Gasteiger partial charge is 0.378 e. The van der Waals surface area contributed by atoms with Crippen LogP contribution in [0.1, 0.15) is 43.9 Å². The van der Waals surface area contributed by atoms with Gasteiger partial charge in [0.1, 0.15) is 0 Å². The molecule has 1 atom stereocenters. The quantitative estimate of drug-likeness (QED) is 0.897. The number of benzene rings is 1. The Hall–Kier alpha value is -1.85. The number of nitrogens with zero attached hydrogens (tertiary/aromatic N) is 2. The zero-order valence-electron chi connectivity index (χ0n) is 16.6. The van der Waals surface area contributed by atoms with Crippen molar-refractivity contribution in [1.29, 1.82) is 0 Å². The molecule has 0 spiro atoms. The zero-order valence-corrected chi connectivity index (χ0v) is 16.6. The van der Waals surface area contributed by atoms with Gasteiger partial charge in [0.2, 0.25) is 0 Å². The van der Waals surface area contributed by atoms with E-state index in [0.29, 0.717) is 6.04 Å². The van der Waals surface area contributed by atoms with E-state index in [1.807, 2.05) is 13.0 Å². The predicted molar refractivity (Wildman–Crippen MR) is 111 cm³/mol. The minimum Gasteiger partial charge on any atom is -0.378 e. The number of hydrogen-bond donors (Lipinski definition) is 1. The molecule has 5 nitrogen and oxygen atoms in total. The van der Waals surface area contributed by atoms with Crippen molar-refractivity contribution in [3.05, 3.63) is 39.7 Å². The number of ether oxygens (including phenoxy) is 1. The number of piperidine rings is 1. The van der Waals surface area contributed by atoms with Gasteiger partial charge in [-0.3, -0.25) is 9.69 Å². The fourth-order valence-corrected chi connectivity index (χ4v) is 4.58. The molecule has 1 N–H and O–H groups in total. The number of aromatic amines is 1. The summed E-state index contributed by atoms with van der Waals surface area (Å²) >= 11 is 0. The molecule has 5 heteroatoms. The minimum atomic E-state index is 0.191. The number of anilines is 1. The number of fused-ring (bicyclic) bond motifs is 1. The summed E-state index contributed by atoms with van der Waals surface area (Å²) in [5.41, 5.74) is 4.19. The van der Waals surface area contributed by atoms with Crippen LogP contribution in [0.2, 0.25) is 0 Å². The summed E-state index contributed by atoms with van der Waals surface area (Å²) in [6.45, 7) is 9.43. The number of morpholine rings is 1. The van der Waals surface area contributed by atoms with Gasteiger partial charge in [0.05, 0.1) is 13.2 Å². The molecular formula is C22H31N3O2. The summed E-state index contributed by atoms with van der Waals surface area (Å²) in [7, 11) is 0. The fraction of sp³-hybridized carbons (Fsp3) is 0.591. The maximum absolute atomic E-state index is 13.4. The van der Waals surface area contributed by atoms with Gasteiger partial charge < -0.3 is 14.6 Å². The first-order chi connectivity index (χ1) is 13.2. The Bertz CT molecular complexity index is 854. The van der Waals surface area contributed by atoms with Gasteiger partial charge in [-0.2, -0.15) is 0 Å². The average molecular weight is 370 g/mol. The number of likely N-dealkylation sites (tertiary alicyclic amines) is 1. The highest BCUT2D eigenvalue weighted by Gasteiger charge is 2.23. The molecule has 4 rings (SSSR count). The highest BCUT2D eigenvalue weighted by molar-refractivity contribution is 5.83. The van der Waals surface area contributed by atoms with E-state index in [9.17, 15) is 4.79 Å². The number of nitrogens with one attached hydrogen (secondary N) is 1. The first-order valence-corrected chi connectivity index (χ1v) is 10.4. The summed E-state index contributed by atoms with van der Waals surface area (Å²) in [4.78, 5) is 21.7. The van der Waals surface area contributed by atoms with Crippen LogP contribution >= 0.6 is 0 Å². The van der Waals surface area contributed by atoms with Crippen LogP contribution in [-0.2, 0) is 11.3 Å². The van der Waals surface area contributed by atoms with Crippen LogP contribution in [0.4, 0.5) is 5.69 Å². The number of aromatic nitrogens is 1. The van der Waals surface area contributed by atoms with E-state index < -0.39 is 0 Å². The van der Waals surface area contributed by atoms with E-state index in [4.69, 9.17) is 4.74 Å². The average Bonchev–Trinajstić information content (AvgIpc) is 2.72. The van der Waals surface area contributed by atoms with Crippen LogP contribution in [0.15, 0.2) is 23.0 Å². The molecule has 0 aliphatic carbocycles. The Morgan fingerprint density at radius 2 is 2.00 bits per heavy atom. The number of aryl methyl sites for hydroxylation is 1. The van der Waals surface area contributed by atoms with E-state index in [-0.39, 0.29) is 5.43 Å². The molecule has 1 aromatic heterocycles. The Labute approximate surface area is 161 Å². The lowest BCUT2D eigenvalue weighted by Gasteiger charge is -2.35. The summed E-state index contributed by atoms with van der Waals surface area (Å²) in [6, 6.07) is 6.83. The molecule has 146 valence electrons. The molecule has 2 fully saturated rings. The maximum Gasteiger partial charge on any atom is 0.194 e. The number of hydrogen-bond acceptors (Lipinski definition) is 4. The van der Waals surface area contributed by atoms with Crippen LogP contribution in [0.25, 0.3) is 10.9 Å². The van der Waals surface area contributed by atoms with Crippen LogP contribution in [0.5, 0.6) is 0 Å². The van der Waals surface area contributed by atoms with Gasteiger partial charge >= 0.3 is 0 Å². The molecule has 1 aromatic carbocycles. The molecule has 2 aliphatic rings.